The molecule has 0 atom stereocenters. The lowest BCUT2D eigenvalue weighted by Gasteiger charge is -2.21. The number of nitrogens with zero attached hydrogens (tertiary/aromatic N) is 1. The van der Waals surface area contributed by atoms with Crippen molar-refractivity contribution in [3.05, 3.63) is 11.5 Å². The Balaban J connectivity index is 1.87. The van der Waals surface area contributed by atoms with Gasteiger partial charge in [0.2, 0.25) is 0 Å². The molecule has 1 aromatic heterocycles. The zero-order valence-electron chi connectivity index (χ0n) is 9.09. The highest BCUT2D eigenvalue weighted by atomic mass is 16.5. The summed E-state index contributed by atoms with van der Waals surface area (Å²) >= 11 is 0. The average molecular weight is 206 g/mol. The van der Waals surface area contributed by atoms with Crippen LogP contribution in [0.1, 0.15) is 55.9 Å². The van der Waals surface area contributed by atoms with Crippen LogP contribution in [0.15, 0.2) is 4.52 Å². The summed E-state index contributed by atoms with van der Waals surface area (Å²) in [5, 5.41) is 7.74. The van der Waals surface area contributed by atoms with Crippen molar-refractivity contribution in [3.63, 3.8) is 0 Å². The first-order valence-electron chi connectivity index (χ1n) is 6.17. The number of aryl methyl sites for hydroxylation is 1. The van der Waals surface area contributed by atoms with E-state index in [4.69, 9.17) is 4.52 Å². The molecule has 0 aromatic carbocycles. The molecule has 0 spiro atoms. The van der Waals surface area contributed by atoms with Crippen LogP contribution in [0, 0.1) is 0 Å². The molecule has 0 radical (unpaired) electrons. The molecule has 1 aromatic rings. The summed E-state index contributed by atoms with van der Waals surface area (Å²) in [4.78, 5) is 0. The maximum Gasteiger partial charge on any atom is 0.160 e. The standard InChI is InChI=1S/C12H18N2O/c1-2-5-9(6-3-1)11-12-10(15-14-11)7-4-8-13-12/h9,13H,1-8H2. The molecule has 3 rings (SSSR count). The Morgan fingerprint density at radius 1 is 1.13 bits per heavy atom. The van der Waals surface area contributed by atoms with E-state index in [2.05, 4.69) is 10.5 Å². The molecule has 1 N–H and O–H groups in total. The second-order valence-electron chi connectivity index (χ2n) is 4.73. The highest BCUT2D eigenvalue weighted by molar-refractivity contribution is 5.54. The summed E-state index contributed by atoms with van der Waals surface area (Å²) in [6.07, 6.45) is 8.91. The van der Waals surface area contributed by atoms with Crippen LogP contribution >= 0.6 is 0 Å². The number of hydrogen-bond donors (Lipinski definition) is 1. The second kappa shape index (κ2) is 3.87. The molecule has 1 aliphatic heterocycles. The predicted molar refractivity (Wildman–Crippen MR) is 59.1 cm³/mol. The van der Waals surface area contributed by atoms with Gasteiger partial charge in [0.25, 0.3) is 0 Å². The van der Waals surface area contributed by atoms with Gasteiger partial charge in [-0.05, 0) is 19.3 Å². The Morgan fingerprint density at radius 3 is 2.87 bits per heavy atom. The first-order valence-corrected chi connectivity index (χ1v) is 6.17. The number of anilines is 1. The number of nitrogens with one attached hydrogen (secondary N) is 1. The highest BCUT2D eigenvalue weighted by Crippen LogP contribution is 2.38. The Bertz CT molecular complexity index is 339. The minimum atomic E-state index is 0.650. The van der Waals surface area contributed by atoms with Gasteiger partial charge < -0.3 is 9.84 Å². The lowest BCUT2D eigenvalue weighted by Crippen LogP contribution is -2.13. The van der Waals surface area contributed by atoms with Gasteiger partial charge in [-0.3, -0.25) is 0 Å². The third-order valence-electron chi connectivity index (χ3n) is 3.66. The van der Waals surface area contributed by atoms with Crippen LogP contribution in [0.2, 0.25) is 0 Å². The van der Waals surface area contributed by atoms with Crippen molar-refractivity contribution < 1.29 is 4.52 Å². The van der Waals surface area contributed by atoms with Gasteiger partial charge >= 0.3 is 0 Å². The van der Waals surface area contributed by atoms with E-state index in [1.807, 2.05) is 0 Å². The summed E-state index contributed by atoms with van der Waals surface area (Å²) < 4.78 is 5.43. The minimum Gasteiger partial charge on any atom is -0.381 e. The Hall–Kier alpha value is -0.990. The molecule has 1 aliphatic carbocycles. The van der Waals surface area contributed by atoms with E-state index in [0.717, 1.165) is 18.7 Å². The highest BCUT2D eigenvalue weighted by Gasteiger charge is 2.26. The molecule has 3 nitrogen and oxygen atoms in total. The zero-order chi connectivity index (χ0) is 10.1. The predicted octanol–water partition coefficient (Wildman–Crippen LogP) is 3.08. The van der Waals surface area contributed by atoms with E-state index in [-0.39, 0.29) is 0 Å². The van der Waals surface area contributed by atoms with Gasteiger partial charge in [0.15, 0.2) is 5.76 Å². The van der Waals surface area contributed by atoms with Crippen LogP contribution in [0.3, 0.4) is 0 Å². The number of rotatable bonds is 1. The molecule has 0 bridgehead atoms. The molecule has 0 saturated heterocycles. The van der Waals surface area contributed by atoms with E-state index in [1.54, 1.807) is 0 Å². The molecule has 2 heterocycles. The van der Waals surface area contributed by atoms with E-state index in [1.165, 1.54) is 49.9 Å². The molecule has 15 heavy (non-hydrogen) atoms. The number of hydrogen-bond acceptors (Lipinski definition) is 3. The summed E-state index contributed by atoms with van der Waals surface area (Å²) in [6, 6.07) is 0. The second-order valence-corrected chi connectivity index (χ2v) is 4.73. The molecular formula is C12H18N2O. The quantitative estimate of drug-likeness (QED) is 0.767. The summed E-state index contributed by atoms with van der Waals surface area (Å²) in [5.74, 6) is 1.73. The molecule has 1 saturated carbocycles. The van der Waals surface area contributed by atoms with Crippen LogP contribution in [0.5, 0.6) is 0 Å². The van der Waals surface area contributed by atoms with Gasteiger partial charge in [0.1, 0.15) is 11.4 Å². The molecule has 1 fully saturated rings. The average Bonchev–Trinajstić information content (AvgIpc) is 2.74. The molecule has 3 heteroatoms. The topological polar surface area (TPSA) is 38.1 Å². The molecular weight excluding hydrogens is 188 g/mol. The van der Waals surface area contributed by atoms with Gasteiger partial charge in [0.05, 0.1) is 0 Å². The maximum atomic E-state index is 5.43. The van der Waals surface area contributed by atoms with Crippen molar-refractivity contribution in [2.45, 2.75) is 50.9 Å². The van der Waals surface area contributed by atoms with Gasteiger partial charge in [-0.2, -0.15) is 0 Å². The number of aromatic nitrogens is 1. The third kappa shape index (κ3) is 1.64. The summed E-state index contributed by atoms with van der Waals surface area (Å²) in [5.41, 5.74) is 2.44. The van der Waals surface area contributed by atoms with E-state index in [0.29, 0.717) is 5.92 Å². The van der Waals surface area contributed by atoms with Crippen LogP contribution in [-0.4, -0.2) is 11.7 Å². The molecule has 0 amide bonds. The van der Waals surface area contributed by atoms with Crippen molar-refractivity contribution in [1.29, 1.82) is 0 Å². The third-order valence-corrected chi connectivity index (χ3v) is 3.66. The van der Waals surface area contributed by atoms with Crippen LogP contribution in [0.25, 0.3) is 0 Å². The van der Waals surface area contributed by atoms with Crippen molar-refractivity contribution in [1.82, 2.24) is 5.16 Å². The van der Waals surface area contributed by atoms with Crippen LogP contribution < -0.4 is 5.32 Å². The van der Waals surface area contributed by atoms with Gasteiger partial charge in [0, 0.05) is 18.9 Å². The Morgan fingerprint density at radius 2 is 2.00 bits per heavy atom. The maximum absolute atomic E-state index is 5.43. The molecule has 0 unspecified atom stereocenters. The van der Waals surface area contributed by atoms with Crippen molar-refractivity contribution in [3.8, 4) is 0 Å². The van der Waals surface area contributed by atoms with Gasteiger partial charge in [-0.25, -0.2) is 0 Å². The molecule has 82 valence electrons. The fraction of sp³-hybridized carbons (Fsp3) is 0.750. The van der Waals surface area contributed by atoms with Crippen molar-refractivity contribution >= 4 is 5.69 Å². The smallest absolute Gasteiger partial charge is 0.160 e. The Labute approximate surface area is 90.2 Å². The fourth-order valence-corrected chi connectivity index (χ4v) is 2.82. The normalized spacial score (nSPS) is 22.1. The largest absolute Gasteiger partial charge is 0.381 e. The van der Waals surface area contributed by atoms with Crippen molar-refractivity contribution in [2.24, 2.45) is 0 Å². The van der Waals surface area contributed by atoms with E-state index in [9.17, 15) is 0 Å². The first kappa shape index (κ1) is 9.25. The van der Waals surface area contributed by atoms with E-state index < -0.39 is 0 Å². The van der Waals surface area contributed by atoms with Gasteiger partial charge in [-0.15, -0.1) is 0 Å². The zero-order valence-corrected chi connectivity index (χ0v) is 9.09. The minimum absolute atomic E-state index is 0.650. The lowest BCUT2D eigenvalue weighted by molar-refractivity contribution is 0.357. The summed E-state index contributed by atoms with van der Waals surface area (Å²) in [6.45, 7) is 1.08. The number of fused-ring (bicyclic) bond motifs is 1. The monoisotopic (exact) mass is 206 g/mol. The first-order chi connectivity index (χ1) is 7.45. The fourth-order valence-electron chi connectivity index (χ4n) is 2.82. The molecule has 2 aliphatic rings. The SMILES string of the molecule is C1CCC(c2noc3c2NCCC3)CC1. The van der Waals surface area contributed by atoms with Crippen molar-refractivity contribution in [2.75, 3.05) is 11.9 Å². The van der Waals surface area contributed by atoms with Gasteiger partial charge in [-0.1, -0.05) is 24.4 Å². The van der Waals surface area contributed by atoms with Crippen LogP contribution in [0.4, 0.5) is 5.69 Å². The van der Waals surface area contributed by atoms with E-state index >= 15 is 0 Å². The summed E-state index contributed by atoms with van der Waals surface area (Å²) in [7, 11) is 0. The lowest BCUT2D eigenvalue weighted by atomic mass is 9.86. The van der Waals surface area contributed by atoms with Crippen LogP contribution in [-0.2, 0) is 6.42 Å². The Kier molecular flexibility index (Phi) is 2.39.